The number of hydrogen-bond acceptors (Lipinski definition) is 6. The number of methoxy groups -OCH3 is 2. The predicted octanol–water partition coefficient (Wildman–Crippen LogP) is 4.36. The van der Waals surface area contributed by atoms with Gasteiger partial charge in [-0.2, -0.15) is 9.78 Å². The molecule has 1 aliphatic rings. The molecule has 0 saturated carbocycles. The molecule has 0 saturated heterocycles. The van der Waals surface area contributed by atoms with E-state index in [9.17, 15) is 0 Å². The number of nitrogens with zero attached hydrogens (tertiary/aromatic N) is 4. The smallest absolute Gasteiger partial charge is 0.213 e. The van der Waals surface area contributed by atoms with Gasteiger partial charge in [-0.15, -0.1) is 10.2 Å². The first-order valence-electron chi connectivity index (χ1n) is 8.30. The largest absolute Gasteiger partial charge is 0.493 e. The maximum Gasteiger partial charge on any atom is 0.213 e. The van der Waals surface area contributed by atoms with Crippen LogP contribution in [0, 0.1) is 0 Å². The minimum Gasteiger partial charge on any atom is -0.493 e. The van der Waals surface area contributed by atoms with Crippen LogP contribution < -0.4 is 9.47 Å². The van der Waals surface area contributed by atoms with Gasteiger partial charge in [0.25, 0.3) is 0 Å². The quantitative estimate of drug-likeness (QED) is 0.651. The van der Waals surface area contributed by atoms with Crippen molar-refractivity contribution in [1.29, 1.82) is 0 Å². The van der Waals surface area contributed by atoms with Gasteiger partial charge in [-0.3, -0.25) is 0 Å². The Balaban J connectivity index is 1.81. The van der Waals surface area contributed by atoms with E-state index in [0.29, 0.717) is 22.3 Å². The molecule has 6 nitrogen and oxygen atoms in total. The second-order valence-corrected chi connectivity index (χ2v) is 7.69. The summed E-state index contributed by atoms with van der Waals surface area (Å²) in [5, 5.41) is 15.0. The van der Waals surface area contributed by atoms with Gasteiger partial charge in [0.15, 0.2) is 17.3 Å². The highest BCUT2D eigenvalue weighted by molar-refractivity contribution is 8.00. The number of rotatable bonds is 4. The van der Waals surface area contributed by atoms with Gasteiger partial charge < -0.3 is 9.47 Å². The topological polar surface area (TPSA) is 61.5 Å². The van der Waals surface area contributed by atoms with Gasteiger partial charge in [0.1, 0.15) is 0 Å². The molecule has 4 rings (SSSR count). The normalized spacial score (nSPS) is 15.9. The molecule has 0 unspecified atom stereocenters. The van der Waals surface area contributed by atoms with Crippen molar-refractivity contribution in [3.63, 3.8) is 0 Å². The lowest BCUT2D eigenvalue weighted by atomic mass is 10.1. The van der Waals surface area contributed by atoms with Gasteiger partial charge in [0.05, 0.1) is 25.2 Å². The molecular formula is C19H17ClN4O2S. The van der Waals surface area contributed by atoms with Crippen LogP contribution in [0.4, 0.5) is 0 Å². The summed E-state index contributed by atoms with van der Waals surface area (Å²) in [6.45, 7) is 2.10. The lowest BCUT2D eigenvalue weighted by Gasteiger charge is -2.20. The maximum atomic E-state index is 6.16. The first kappa shape index (κ1) is 17.9. The molecular weight excluding hydrogens is 384 g/mol. The summed E-state index contributed by atoms with van der Waals surface area (Å²) in [6, 6.07) is 13.3. The van der Waals surface area contributed by atoms with E-state index in [4.69, 9.17) is 26.2 Å². The Morgan fingerprint density at radius 3 is 2.56 bits per heavy atom. The fraction of sp³-hybridized carbons (Fsp3) is 0.211. The van der Waals surface area contributed by atoms with Crippen LogP contribution in [-0.4, -0.2) is 40.1 Å². The fourth-order valence-corrected chi connectivity index (χ4v) is 4.04. The molecule has 1 atom stereocenters. The van der Waals surface area contributed by atoms with Gasteiger partial charge in [0, 0.05) is 16.1 Å². The van der Waals surface area contributed by atoms with Crippen LogP contribution in [-0.2, 0) is 0 Å². The van der Waals surface area contributed by atoms with E-state index in [1.165, 1.54) is 0 Å². The second kappa shape index (κ2) is 7.25. The molecule has 27 heavy (non-hydrogen) atoms. The monoisotopic (exact) mass is 400 g/mol. The van der Waals surface area contributed by atoms with E-state index in [2.05, 4.69) is 17.1 Å². The highest BCUT2D eigenvalue weighted by Crippen LogP contribution is 2.36. The average Bonchev–Trinajstić information content (AvgIpc) is 3.09. The Labute approximate surface area is 166 Å². The van der Waals surface area contributed by atoms with E-state index >= 15 is 0 Å². The highest BCUT2D eigenvalue weighted by atomic mass is 35.5. The summed E-state index contributed by atoms with van der Waals surface area (Å²) < 4.78 is 12.5. The average molecular weight is 401 g/mol. The molecule has 3 aromatic rings. The van der Waals surface area contributed by atoms with Crippen LogP contribution >= 0.6 is 23.4 Å². The molecule has 2 heterocycles. The summed E-state index contributed by atoms with van der Waals surface area (Å²) in [7, 11) is 3.21. The molecule has 8 heteroatoms. The minimum atomic E-state index is 0.137. The lowest BCUT2D eigenvalue weighted by molar-refractivity contribution is 0.355. The van der Waals surface area contributed by atoms with Crippen molar-refractivity contribution in [3.8, 4) is 22.9 Å². The van der Waals surface area contributed by atoms with Crippen molar-refractivity contribution in [1.82, 2.24) is 14.9 Å². The molecule has 1 aromatic heterocycles. The molecule has 2 aromatic carbocycles. The van der Waals surface area contributed by atoms with E-state index < -0.39 is 0 Å². The third-order valence-corrected chi connectivity index (χ3v) is 5.53. The lowest BCUT2D eigenvalue weighted by Crippen LogP contribution is -2.21. The van der Waals surface area contributed by atoms with Gasteiger partial charge >= 0.3 is 0 Å². The number of halogens is 1. The van der Waals surface area contributed by atoms with Crippen LogP contribution in [0.25, 0.3) is 11.4 Å². The number of ether oxygens (including phenoxy) is 2. The van der Waals surface area contributed by atoms with E-state index in [1.807, 2.05) is 42.5 Å². The number of thioether (sulfide) groups is 1. The van der Waals surface area contributed by atoms with Crippen molar-refractivity contribution < 1.29 is 9.47 Å². The van der Waals surface area contributed by atoms with E-state index in [-0.39, 0.29) is 5.25 Å². The fourth-order valence-electron chi connectivity index (χ4n) is 2.93. The number of benzene rings is 2. The maximum absolute atomic E-state index is 6.16. The molecule has 0 N–H and O–H groups in total. The van der Waals surface area contributed by atoms with Crippen LogP contribution in [0.5, 0.6) is 11.5 Å². The standard InChI is InChI=1S/C19H17ClN4O2S/c1-11-17(12-5-4-6-14(20)9-12)23-24-18(21-22-19(24)27-11)13-7-8-15(25-2)16(10-13)26-3/h4-11H,1-3H3/t11-/m1/s1. The molecule has 138 valence electrons. The van der Waals surface area contributed by atoms with Gasteiger partial charge in [-0.1, -0.05) is 35.5 Å². The van der Waals surface area contributed by atoms with E-state index in [1.54, 1.807) is 30.7 Å². The molecule has 0 bridgehead atoms. The Bertz CT molecular complexity index is 1030. The molecule has 0 radical (unpaired) electrons. The Morgan fingerprint density at radius 1 is 1.00 bits per heavy atom. The van der Waals surface area contributed by atoms with Crippen molar-refractivity contribution in [2.24, 2.45) is 5.10 Å². The van der Waals surface area contributed by atoms with E-state index in [0.717, 1.165) is 22.0 Å². The van der Waals surface area contributed by atoms with Gasteiger partial charge in [0.2, 0.25) is 5.16 Å². The highest BCUT2D eigenvalue weighted by Gasteiger charge is 2.26. The zero-order chi connectivity index (χ0) is 19.0. The van der Waals surface area contributed by atoms with Crippen LogP contribution in [0.15, 0.2) is 52.7 Å². The minimum absolute atomic E-state index is 0.137. The number of fused-ring (bicyclic) bond motifs is 1. The SMILES string of the molecule is COc1ccc(-c2nnc3n2N=C(c2cccc(Cl)c2)[C@@H](C)S3)cc1OC. The Hall–Kier alpha value is -2.51. The van der Waals surface area contributed by atoms with Crippen molar-refractivity contribution in [3.05, 3.63) is 53.1 Å². The molecule has 0 amide bonds. The van der Waals surface area contributed by atoms with Crippen molar-refractivity contribution in [2.75, 3.05) is 14.2 Å². The zero-order valence-corrected chi connectivity index (χ0v) is 16.6. The first-order valence-corrected chi connectivity index (χ1v) is 9.55. The van der Waals surface area contributed by atoms with Crippen molar-refractivity contribution >= 4 is 29.1 Å². The third-order valence-electron chi connectivity index (χ3n) is 4.25. The summed E-state index contributed by atoms with van der Waals surface area (Å²) in [6.07, 6.45) is 0. The Morgan fingerprint density at radius 2 is 1.81 bits per heavy atom. The molecule has 0 aliphatic carbocycles. The van der Waals surface area contributed by atoms with Crippen LogP contribution in [0.2, 0.25) is 5.02 Å². The molecule has 1 aliphatic heterocycles. The molecule has 0 spiro atoms. The second-order valence-electron chi connectivity index (χ2n) is 5.94. The van der Waals surface area contributed by atoms with Crippen LogP contribution in [0.1, 0.15) is 12.5 Å². The predicted molar refractivity (Wildman–Crippen MR) is 107 cm³/mol. The summed E-state index contributed by atoms with van der Waals surface area (Å²) in [5.74, 6) is 1.93. The van der Waals surface area contributed by atoms with Crippen LogP contribution in [0.3, 0.4) is 0 Å². The zero-order valence-electron chi connectivity index (χ0n) is 15.0. The Kier molecular flexibility index (Phi) is 4.80. The van der Waals surface area contributed by atoms with Gasteiger partial charge in [-0.25, -0.2) is 0 Å². The third kappa shape index (κ3) is 3.28. The molecule has 0 fully saturated rings. The summed E-state index contributed by atoms with van der Waals surface area (Å²) in [4.78, 5) is 0. The number of hydrogen-bond donors (Lipinski definition) is 0. The first-order chi connectivity index (χ1) is 13.1. The van der Waals surface area contributed by atoms with Crippen molar-refractivity contribution in [2.45, 2.75) is 17.3 Å². The number of aromatic nitrogens is 3. The summed E-state index contributed by atoms with van der Waals surface area (Å²) >= 11 is 7.77. The summed E-state index contributed by atoms with van der Waals surface area (Å²) in [5.41, 5.74) is 2.76. The van der Waals surface area contributed by atoms with Gasteiger partial charge in [-0.05, 0) is 37.3 Å².